The molecule has 2 aliphatic heterocycles. The Morgan fingerprint density at radius 3 is 2.49 bits per heavy atom. The molecule has 0 radical (unpaired) electrons. The van der Waals surface area contributed by atoms with Crippen LogP contribution in [0.4, 0.5) is 10.6 Å². The first kappa shape index (κ1) is 26.0. The van der Waals surface area contributed by atoms with Gasteiger partial charge in [-0.3, -0.25) is 0 Å². The Morgan fingerprint density at radius 2 is 1.91 bits per heavy atom. The van der Waals surface area contributed by atoms with E-state index in [9.17, 15) is 18.3 Å². The molecule has 2 saturated heterocycles. The van der Waals surface area contributed by atoms with Crippen LogP contribution >= 0.6 is 0 Å². The van der Waals surface area contributed by atoms with Crippen molar-refractivity contribution < 1.29 is 27.8 Å². The number of β-amino-alcohol motifs (C(OH)–C–C–N with tert-alkyl or cyclic N) is 1. The van der Waals surface area contributed by atoms with Crippen molar-refractivity contribution in [3.63, 3.8) is 0 Å². The van der Waals surface area contributed by atoms with Crippen LogP contribution in [0, 0.1) is 11.8 Å². The van der Waals surface area contributed by atoms with Crippen LogP contribution in [0.25, 0.3) is 0 Å². The van der Waals surface area contributed by atoms with Gasteiger partial charge in [0, 0.05) is 38.6 Å². The van der Waals surface area contributed by atoms with Gasteiger partial charge in [-0.05, 0) is 44.2 Å². The summed E-state index contributed by atoms with van der Waals surface area (Å²) in [5.41, 5.74) is -0.319. The van der Waals surface area contributed by atoms with Gasteiger partial charge in [-0.15, -0.1) is 0 Å². The van der Waals surface area contributed by atoms with Crippen LogP contribution in [0.5, 0.6) is 5.75 Å². The molecule has 0 bridgehead atoms. The number of carbonyl (C=O) groups is 1. The quantitative estimate of drug-likeness (QED) is 0.565. The Kier molecular flexibility index (Phi) is 7.77. The highest BCUT2D eigenvalue weighted by Crippen LogP contribution is 2.39. The fourth-order valence-corrected chi connectivity index (χ4v) is 6.24. The predicted molar refractivity (Wildman–Crippen MR) is 132 cm³/mol. The number of piperidine rings is 1. The average molecular weight is 511 g/mol. The molecule has 1 N–H and O–H groups in total. The number of carbonyl (C=O) groups excluding carboxylic acids is 1. The first-order valence-electron chi connectivity index (χ1n) is 12.5. The van der Waals surface area contributed by atoms with Crippen molar-refractivity contribution in [3.8, 4) is 5.75 Å². The second-order valence-electron chi connectivity index (χ2n) is 10.6. The fourth-order valence-electron chi connectivity index (χ4n) is 4.46. The van der Waals surface area contributed by atoms with Gasteiger partial charge < -0.3 is 24.4 Å². The number of sulfonamides is 1. The largest absolute Gasteiger partial charge is 0.492 e. The van der Waals surface area contributed by atoms with E-state index >= 15 is 0 Å². The molecule has 1 saturated carbocycles. The van der Waals surface area contributed by atoms with Crippen LogP contribution in [0.15, 0.2) is 18.3 Å². The molecule has 1 aliphatic carbocycles. The number of rotatable bonds is 8. The van der Waals surface area contributed by atoms with Crippen molar-refractivity contribution in [1.82, 2.24) is 14.2 Å². The maximum atomic E-state index is 12.4. The minimum atomic E-state index is -3.21. The lowest BCUT2D eigenvalue weighted by atomic mass is 9.95. The van der Waals surface area contributed by atoms with Crippen molar-refractivity contribution in [2.45, 2.75) is 51.7 Å². The van der Waals surface area contributed by atoms with E-state index in [0.717, 1.165) is 18.7 Å². The number of aliphatic hydroxyl groups excluding tert-OH is 1. The number of aliphatic hydroxyl groups is 1. The Bertz CT molecular complexity index is 974. The fraction of sp³-hybridized carbons (Fsp3) is 0.750. The summed E-state index contributed by atoms with van der Waals surface area (Å²) in [4.78, 5) is 20.4. The zero-order valence-electron chi connectivity index (χ0n) is 20.9. The highest BCUT2D eigenvalue weighted by atomic mass is 32.2. The van der Waals surface area contributed by atoms with Crippen molar-refractivity contribution in [2.75, 3.05) is 56.5 Å². The van der Waals surface area contributed by atoms with Crippen molar-refractivity contribution >= 4 is 21.9 Å². The number of likely N-dealkylation sites (tertiary alicyclic amines) is 1. The zero-order chi connectivity index (χ0) is 25.2. The summed E-state index contributed by atoms with van der Waals surface area (Å²) in [6.07, 6.45) is 3.08. The molecule has 10 nitrogen and oxygen atoms in total. The maximum absolute atomic E-state index is 12.4. The molecule has 35 heavy (non-hydrogen) atoms. The molecule has 3 heterocycles. The first-order valence-corrected chi connectivity index (χ1v) is 14.1. The van der Waals surface area contributed by atoms with Crippen molar-refractivity contribution in [2.24, 2.45) is 11.8 Å². The van der Waals surface area contributed by atoms with Gasteiger partial charge in [0.1, 0.15) is 17.2 Å². The lowest BCUT2D eigenvalue weighted by Gasteiger charge is -2.35. The maximum Gasteiger partial charge on any atom is 0.410 e. The molecule has 4 rings (SSSR count). The molecule has 1 amide bonds. The number of hydrogen-bond acceptors (Lipinski definition) is 8. The molecule has 0 spiro atoms. The first-order chi connectivity index (χ1) is 16.5. The summed E-state index contributed by atoms with van der Waals surface area (Å²) in [5.74, 6) is 1.61. The Balaban J connectivity index is 1.21. The van der Waals surface area contributed by atoms with E-state index in [1.165, 1.54) is 0 Å². The molecular formula is C24H38N4O6S. The monoisotopic (exact) mass is 510 g/mol. The Labute approximate surface area is 208 Å². The minimum absolute atomic E-state index is 0.0731. The van der Waals surface area contributed by atoms with E-state index in [0.29, 0.717) is 51.5 Å². The number of nitrogens with zero attached hydrogens (tertiary/aromatic N) is 4. The Hall–Kier alpha value is -2.11. The van der Waals surface area contributed by atoms with E-state index in [4.69, 9.17) is 9.47 Å². The third kappa shape index (κ3) is 6.77. The number of pyridine rings is 1. The molecule has 196 valence electrons. The molecule has 11 heteroatoms. The van der Waals surface area contributed by atoms with Gasteiger partial charge in [0.15, 0.2) is 0 Å². The van der Waals surface area contributed by atoms with Crippen LogP contribution in [0.3, 0.4) is 0 Å². The average Bonchev–Trinajstić information content (AvgIpc) is 3.54. The lowest BCUT2D eigenvalue weighted by molar-refractivity contribution is -0.00993. The number of amides is 1. The predicted octanol–water partition coefficient (Wildman–Crippen LogP) is 1.94. The number of anilines is 1. The van der Waals surface area contributed by atoms with Crippen LogP contribution in [-0.2, 0) is 14.8 Å². The van der Waals surface area contributed by atoms with Gasteiger partial charge >= 0.3 is 6.09 Å². The second kappa shape index (κ2) is 10.5. The smallest absolute Gasteiger partial charge is 0.410 e. The van der Waals surface area contributed by atoms with Gasteiger partial charge in [0.2, 0.25) is 10.0 Å². The normalized spacial score (nSPS) is 24.9. The molecule has 0 unspecified atom stereocenters. The van der Waals surface area contributed by atoms with E-state index in [1.54, 1.807) is 15.4 Å². The van der Waals surface area contributed by atoms with E-state index < -0.39 is 16.1 Å². The second-order valence-corrected chi connectivity index (χ2v) is 12.6. The van der Waals surface area contributed by atoms with Crippen molar-refractivity contribution in [3.05, 3.63) is 18.3 Å². The number of piperazine rings is 1. The Morgan fingerprint density at radius 1 is 1.20 bits per heavy atom. The topological polar surface area (TPSA) is 113 Å². The molecular weight excluding hydrogens is 472 g/mol. The van der Waals surface area contributed by atoms with Crippen molar-refractivity contribution in [1.29, 1.82) is 0 Å². The molecule has 3 fully saturated rings. The standard InChI is InChI=1S/C24H38N4O6S/c1-18(2)17-35(31,32)28-12-10-26(11-13-28)22-5-4-20(14-25-22)33-16-19-6-9-27(15-21(19)29)23(30)34-24(3)7-8-24/h4-5,14,18-19,21,29H,6-13,15-17H2,1-3H3/t19-,21+/m1/s1. The van der Waals surface area contributed by atoms with E-state index in [2.05, 4.69) is 9.88 Å². The SMILES string of the molecule is CC(C)CS(=O)(=O)N1CCN(c2ccc(OC[C@H]3CCN(C(=O)OC4(C)CC4)C[C@@H]3O)cn2)CC1. The van der Waals surface area contributed by atoms with Crippen LogP contribution in [-0.4, -0.2) is 97.1 Å². The molecule has 2 atom stereocenters. The van der Waals surface area contributed by atoms with Gasteiger partial charge in [0.25, 0.3) is 0 Å². The van der Waals surface area contributed by atoms with Gasteiger partial charge in [-0.25, -0.2) is 18.2 Å². The molecule has 0 aromatic carbocycles. The molecule has 1 aromatic rings. The number of aromatic nitrogens is 1. The highest BCUT2D eigenvalue weighted by Gasteiger charge is 2.43. The van der Waals surface area contributed by atoms with Crippen LogP contribution < -0.4 is 9.64 Å². The van der Waals surface area contributed by atoms with E-state index in [1.807, 2.05) is 32.9 Å². The highest BCUT2D eigenvalue weighted by molar-refractivity contribution is 7.89. The van der Waals surface area contributed by atoms with E-state index in [-0.39, 0.29) is 35.8 Å². The van der Waals surface area contributed by atoms with Gasteiger partial charge in [-0.1, -0.05) is 13.8 Å². The summed E-state index contributed by atoms with van der Waals surface area (Å²) in [6, 6.07) is 3.72. The van der Waals surface area contributed by atoms with Crippen LogP contribution in [0.2, 0.25) is 0 Å². The third-order valence-electron chi connectivity index (χ3n) is 6.95. The number of ether oxygens (including phenoxy) is 2. The van der Waals surface area contributed by atoms with Crippen LogP contribution in [0.1, 0.15) is 40.0 Å². The number of hydrogen-bond donors (Lipinski definition) is 1. The van der Waals surface area contributed by atoms with Gasteiger partial charge in [0.05, 0.1) is 31.2 Å². The van der Waals surface area contributed by atoms with Gasteiger partial charge in [-0.2, -0.15) is 4.31 Å². The molecule has 1 aromatic heterocycles. The summed E-state index contributed by atoms with van der Waals surface area (Å²) in [7, 11) is -3.21. The molecule has 3 aliphatic rings. The zero-order valence-corrected chi connectivity index (χ0v) is 21.7. The summed E-state index contributed by atoms with van der Waals surface area (Å²) in [5, 5.41) is 10.5. The minimum Gasteiger partial charge on any atom is -0.492 e. The summed E-state index contributed by atoms with van der Waals surface area (Å²) >= 11 is 0. The third-order valence-corrected chi connectivity index (χ3v) is 9.19. The summed E-state index contributed by atoms with van der Waals surface area (Å²) in [6.45, 7) is 8.99. The lowest BCUT2D eigenvalue weighted by Crippen LogP contribution is -2.49. The summed E-state index contributed by atoms with van der Waals surface area (Å²) < 4.78 is 37.9.